The monoisotopic (exact) mass is 549 g/mol. The fourth-order valence-corrected chi connectivity index (χ4v) is 4.46. The summed E-state index contributed by atoms with van der Waals surface area (Å²) in [6.45, 7) is 1.44. The Labute approximate surface area is 230 Å². The summed E-state index contributed by atoms with van der Waals surface area (Å²) >= 11 is 0. The molecular weight excluding hydrogens is 506 g/mol. The number of para-hydroxylation sites is 1. The third-order valence-corrected chi connectivity index (χ3v) is 6.74. The first kappa shape index (κ1) is 32.1. The maximum Gasteiger partial charge on any atom is 0.378 e. The third-order valence-electron chi connectivity index (χ3n) is 6.74. The van der Waals surface area contributed by atoms with Crippen LogP contribution in [0.1, 0.15) is 102 Å². The van der Waals surface area contributed by atoms with Gasteiger partial charge in [-0.3, -0.25) is 14.9 Å². The highest BCUT2D eigenvalue weighted by atomic mass is 16.6. The van der Waals surface area contributed by atoms with E-state index >= 15 is 0 Å². The second-order valence-corrected chi connectivity index (χ2v) is 9.96. The number of aliphatic hydroxyl groups is 2. The molecule has 0 amide bonds. The summed E-state index contributed by atoms with van der Waals surface area (Å²) in [5, 5.41) is 31.7. The van der Waals surface area contributed by atoms with Gasteiger partial charge >= 0.3 is 11.9 Å². The number of cyclic esters (lactones) is 1. The average molecular weight is 550 g/mol. The van der Waals surface area contributed by atoms with Gasteiger partial charge in [0.25, 0.3) is 5.69 Å². The van der Waals surface area contributed by atoms with Gasteiger partial charge in [-0.1, -0.05) is 96.1 Å². The van der Waals surface area contributed by atoms with Crippen LogP contribution < -0.4 is 0 Å². The largest absolute Gasteiger partial charge is 0.499 e. The van der Waals surface area contributed by atoms with E-state index in [1.165, 1.54) is 76.0 Å². The quantitative estimate of drug-likeness (QED) is 0.0793. The number of carbonyl (C=O) groups excluding carboxylic acids is 2. The first-order valence-electron chi connectivity index (χ1n) is 14.2. The maximum absolute atomic E-state index is 12.1. The van der Waals surface area contributed by atoms with Crippen molar-refractivity contribution in [2.75, 3.05) is 6.61 Å². The second kappa shape index (κ2) is 18.2. The molecular formula is C29H43NO9. The zero-order chi connectivity index (χ0) is 28.5. The molecule has 0 spiro atoms. The molecule has 0 fully saturated rings. The van der Waals surface area contributed by atoms with E-state index in [2.05, 4.69) is 6.92 Å². The number of hydrogen-bond acceptors (Lipinski definition) is 9. The molecule has 10 heteroatoms. The van der Waals surface area contributed by atoms with Crippen LogP contribution in [0.25, 0.3) is 0 Å². The molecule has 0 radical (unpaired) electrons. The van der Waals surface area contributed by atoms with Gasteiger partial charge in [-0.05, 0) is 12.5 Å². The summed E-state index contributed by atoms with van der Waals surface area (Å²) in [5.74, 6) is -2.78. The van der Waals surface area contributed by atoms with E-state index in [1.807, 2.05) is 0 Å². The van der Waals surface area contributed by atoms with Crippen LogP contribution >= 0.6 is 0 Å². The predicted octanol–water partition coefficient (Wildman–Crippen LogP) is 6.19. The number of ether oxygens (including phenoxy) is 3. The van der Waals surface area contributed by atoms with Gasteiger partial charge < -0.3 is 24.4 Å². The van der Waals surface area contributed by atoms with E-state index in [9.17, 15) is 29.9 Å². The topological polar surface area (TPSA) is 145 Å². The minimum atomic E-state index is -1.48. The van der Waals surface area contributed by atoms with Gasteiger partial charge in [0.2, 0.25) is 5.76 Å². The number of esters is 2. The molecule has 0 aliphatic carbocycles. The number of unbranched alkanes of at least 4 members (excludes halogenated alkanes) is 12. The summed E-state index contributed by atoms with van der Waals surface area (Å²) in [4.78, 5) is 34.5. The average Bonchev–Trinajstić information content (AvgIpc) is 3.21. The molecule has 2 N–H and O–H groups in total. The molecule has 2 rings (SSSR count). The highest BCUT2D eigenvalue weighted by molar-refractivity contribution is 5.89. The van der Waals surface area contributed by atoms with E-state index in [0.717, 1.165) is 19.3 Å². The van der Waals surface area contributed by atoms with E-state index < -0.39 is 41.4 Å². The van der Waals surface area contributed by atoms with Crippen LogP contribution in [0, 0.1) is 10.1 Å². The highest BCUT2D eigenvalue weighted by Crippen LogP contribution is 2.28. The summed E-state index contributed by atoms with van der Waals surface area (Å²) in [6, 6.07) is 5.85. The SMILES string of the molecule is CCCCCCCCCCCCCCCC(=O)OCC(O)C1OC(=O)C(O)=C1OCc1ccccc1[N+](=O)[O-]. The summed E-state index contributed by atoms with van der Waals surface area (Å²) < 4.78 is 15.5. The lowest BCUT2D eigenvalue weighted by atomic mass is 10.0. The number of carbonyl (C=O) groups is 2. The standard InChI is InChI=1S/C29H43NO9/c1-2-3-4-5-6-7-8-9-10-11-12-13-14-19-25(32)37-21-24(31)27-28(26(33)29(34)39-27)38-20-22-17-15-16-18-23(22)30(35)36/h15-18,24,27,31,33H,2-14,19-21H2,1H3. The van der Waals surface area contributed by atoms with Gasteiger partial charge in [0.05, 0.1) is 10.5 Å². The first-order valence-corrected chi connectivity index (χ1v) is 14.2. The van der Waals surface area contributed by atoms with Gasteiger partial charge in [-0.15, -0.1) is 0 Å². The Kier molecular flexibility index (Phi) is 15.0. The van der Waals surface area contributed by atoms with Crippen LogP contribution in [0.3, 0.4) is 0 Å². The van der Waals surface area contributed by atoms with Crippen LogP contribution in [0.15, 0.2) is 35.8 Å². The first-order chi connectivity index (χ1) is 18.8. The number of nitro benzene ring substituents is 1. The zero-order valence-corrected chi connectivity index (χ0v) is 23.0. The van der Waals surface area contributed by atoms with E-state index in [4.69, 9.17) is 14.2 Å². The fraction of sp³-hybridized carbons (Fsp3) is 0.655. The highest BCUT2D eigenvalue weighted by Gasteiger charge is 2.41. The number of hydrogen-bond donors (Lipinski definition) is 2. The molecule has 0 saturated heterocycles. The fourth-order valence-electron chi connectivity index (χ4n) is 4.46. The van der Waals surface area contributed by atoms with Gasteiger partial charge in [0, 0.05) is 12.5 Å². The van der Waals surface area contributed by atoms with Crippen LogP contribution in [-0.4, -0.2) is 45.9 Å². The van der Waals surface area contributed by atoms with Crippen molar-refractivity contribution in [1.29, 1.82) is 0 Å². The zero-order valence-electron chi connectivity index (χ0n) is 23.0. The molecule has 2 atom stereocenters. The molecule has 0 saturated carbocycles. The molecule has 2 unspecified atom stereocenters. The van der Waals surface area contributed by atoms with Crippen LogP contribution in [0.5, 0.6) is 0 Å². The number of aliphatic hydroxyl groups excluding tert-OH is 2. The van der Waals surface area contributed by atoms with E-state index in [-0.39, 0.29) is 30.0 Å². The Morgan fingerprint density at radius 1 is 1.00 bits per heavy atom. The molecule has 0 bridgehead atoms. The Hall–Kier alpha value is -3.14. The van der Waals surface area contributed by atoms with Crippen molar-refractivity contribution in [3.05, 3.63) is 51.5 Å². The third kappa shape index (κ3) is 11.6. The molecule has 1 heterocycles. The smallest absolute Gasteiger partial charge is 0.378 e. The normalized spacial score (nSPS) is 15.7. The molecule has 0 aromatic heterocycles. The van der Waals surface area contributed by atoms with Crippen LogP contribution in [0.2, 0.25) is 0 Å². The number of nitro groups is 1. The molecule has 1 aliphatic rings. The molecule has 1 aromatic rings. The second-order valence-electron chi connectivity index (χ2n) is 9.96. The molecule has 10 nitrogen and oxygen atoms in total. The van der Waals surface area contributed by atoms with Crippen LogP contribution in [0.4, 0.5) is 5.69 Å². The Bertz CT molecular complexity index is 946. The van der Waals surface area contributed by atoms with Crippen molar-refractivity contribution in [1.82, 2.24) is 0 Å². The lowest BCUT2D eigenvalue weighted by Gasteiger charge is -2.20. The molecule has 1 aromatic carbocycles. The summed E-state index contributed by atoms with van der Waals surface area (Å²) in [7, 11) is 0. The summed E-state index contributed by atoms with van der Waals surface area (Å²) in [5.41, 5.74) is 0.0154. The van der Waals surface area contributed by atoms with Gasteiger partial charge in [-0.2, -0.15) is 0 Å². The predicted molar refractivity (Wildman–Crippen MR) is 145 cm³/mol. The van der Waals surface area contributed by atoms with Gasteiger partial charge in [0.15, 0.2) is 11.9 Å². The number of benzene rings is 1. The number of nitrogens with zero attached hydrogens (tertiary/aromatic N) is 1. The maximum atomic E-state index is 12.1. The van der Waals surface area contributed by atoms with E-state index in [0.29, 0.717) is 6.42 Å². The Morgan fingerprint density at radius 2 is 1.56 bits per heavy atom. The van der Waals surface area contributed by atoms with Crippen molar-refractivity contribution in [3.63, 3.8) is 0 Å². The lowest BCUT2D eigenvalue weighted by Crippen LogP contribution is -2.34. The molecule has 39 heavy (non-hydrogen) atoms. The van der Waals surface area contributed by atoms with Crippen molar-refractivity contribution >= 4 is 17.6 Å². The Balaban J connectivity index is 1.62. The van der Waals surface area contributed by atoms with Crippen LogP contribution in [-0.2, 0) is 30.4 Å². The van der Waals surface area contributed by atoms with Gasteiger partial charge in [-0.25, -0.2) is 4.79 Å². The Morgan fingerprint density at radius 3 is 2.15 bits per heavy atom. The minimum Gasteiger partial charge on any atom is -0.499 e. The van der Waals surface area contributed by atoms with Crippen molar-refractivity contribution < 1.29 is 38.9 Å². The van der Waals surface area contributed by atoms with Gasteiger partial charge in [0.1, 0.15) is 19.3 Å². The van der Waals surface area contributed by atoms with Crippen molar-refractivity contribution in [2.45, 2.75) is 116 Å². The summed E-state index contributed by atoms with van der Waals surface area (Å²) in [6.07, 6.45) is 12.9. The number of rotatable bonds is 21. The van der Waals surface area contributed by atoms with Crippen molar-refractivity contribution in [2.24, 2.45) is 0 Å². The lowest BCUT2D eigenvalue weighted by molar-refractivity contribution is -0.385. The molecule has 218 valence electrons. The minimum absolute atomic E-state index is 0.193. The van der Waals surface area contributed by atoms with Crippen molar-refractivity contribution in [3.8, 4) is 0 Å². The van der Waals surface area contributed by atoms with E-state index in [1.54, 1.807) is 6.07 Å². The molecule has 1 aliphatic heterocycles.